The van der Waals surface area contributed by atoms with Gasteiger partial charge in [-0.2, -0.15) is 0 Å². The Morgan fingerprint density at radius 3 is 3.16 bits per heavy atom. The van der Waals surface area contributed by atoms with Crippen LogP contribution in [-0.2, 0) is 11.2 Å². The van der Waals surface area contributed by atoms with Crippen LogP contribution in [0.15, 0.2) is 18.2 Å². The highest BCUT2D eigenvalue weighted by Crippen LogP contribution is 2.30. The first-order valence-electron chi connectivity index (χ1n) is 6.91. The number of ether oxygens (including phenoxy) is 1. The van der Waals surface area contributed by atoms with E-state index in [-0.39, 0.29) is 18.1 Å². The maximum absolute atomic E-state index is 11.9. The van der Waals surface area contributed by atoms with Gasteiger partial charge in [-0.1, -0.05) is 17.7 Å². The molecular formula is C15H20N2O2. The molecule has 0 bridgehead atoms. The summed E-state index contributed by atoms with van der Waals surface area (Å²) in [6.07, 6.45) is 2.34. The number of nitrogens with zero attached hydrogens (tertiary/aromatic N) is 1. The topological polar surface area (TPSA) is 55.6 Å². The Labute approximate surface area is 113 Å². The van der Waals surface area contributed by atoms with Gasteiger partial charge in [-0.3, -0.25) is 4.79 Å². The minimum Gasteiger partial charge on any atom is -0.488 e. The van der Waals surface area contributed by atoms with Gasteiger partial charge in [0.05, 0.1) is 6.54 Å². The number of benzene rings is 1. The van der Waals surface area contributed by atoms with Gasteiger partial charge in [0.15, 0.2) is 0 Å². The van der Waals surface area contributed by atoms with Crippen molar-refractivity contribution in [2.75, 3.05) is 13.1 Å². The third-order valence-electron chi connectivity index (χ3n) is 3.92. The van der Waals surface area contributed by atoms with Gasteiger partial charge in [0, 0.05) is 25.4 Å². The van der Waals surface area contributed by atoms with Gasteiger partial charge in [-0.05, 0) is 25.0 Å². The van der Waals surface area contributed by atoms with E-state index < -0.39 is 0 Å². The molecule has 2 heterocycles. The number of carbonyl (C=O) groups is 1. The van der Waals surface area contributed by atoms with Gasteiger partial charge < -0.3 is 15.4 Å². The smallest absolute Gasteiger partial charge is 0.222 e. The lowest BCUT2D eigenvalue weighted by Gasteiger charge is -2.32. The molecular weight excluding hydrogens is 240 g/mol. The number of carbonyl (C=O) groups excluding carboxylic acids is 1. The number of fused-ring (bicyclic) bond motifs is 1. The highest BCUT2D eigenvalue weighted by molar-refractivity contribution is 5.77. The molecule has 1 fully saturated rings. The van der Waals surface area contributed by atoms with E-state index in [0.717, 1.165) is 18.6 Å². The minimum absolute atomic E-state index is 0.0750. The van der Waals surface area contributed by atoms with Crippen LogP contribution in [0.2, 0.25) is 0 Å². The molecule has 102 valence electrons. The first-order chi connectivity index (χ1) is 9.11. The molecule has 0 aromatic heterocycles. The molecule has 0 spiro atoms. The molecule has 2 unspecified atom stereocenters. The Kier molecular flexibility index (Phi) is 3.19. The van der Waals surface area contributed by atoms with Crippen LogP contribution in [0.4, 0.5) is 0 Å². The summed E-state index contributed by atoms with van der Waals surface area (Å²) in [7, 11) is 0. The first kappa shape index (κ1) is 12.5. The van der Waals surface area contributed by atoms with Gasteiger partial charge in [-0.15, -0.1) is 0 Å². The third-order valence-corrected chi connectivity index (χ3v) is 3.92. The zero-order valence-electron chi connectivity index (χ0n) is 11.3. The molecule has 2 atom stereocenters. The summed E-state index contributed by atoms with van der Waals surface area (Å²) >= 11 is 0. The standard InChI is InChI=1S/C15H20N2O2/c1-10-2-4-14-11(6-10)7-13(19-14)9-17-8-12(16)3-5-15(17)18/h2,4,6,12-13H,3,5,7-9,16H2,1H3. The van der Waals surface area contributed by atoms with Crippen molar-refractivity contribution in [3.63, 3.8) is 0 Å². The molecule has 1 saturated heterocycles. The monoisotopic (exact) mass is 260 g/mol. The highest BCUT2D eigenvalue weighted by atomic mass is 16.5. The lowest BCUT2D eigenvalue weighted by Crippen LogP contribution is -2.49. The molecule has 19 heavy (non-hydrogen) atoms. The fourth-order valence-electron chi connectivity index (χ4n) is 2.92. The summed E-state index contributed by atoms with van der Waals surface area (Å²) in [6, 6.07) is 6.36. The molecule has 2 aliphatic heterocycles. The number of aryl methyl sites for hydroxylation is 1. The van der Waals surface area contributed by atoms with Crippen LogP contribution in [-0.4, -0.2) is 36.0 Å². The van der Waals surface area contributed by atoms with Crippen LogP contribution in [0.3, 0.4) is 0 Å². The van der Waals surface area contributed by atoms with E-state index in [1.54, 1.807) is 0 Å². The van der Waals surface area contributed by atoms with Gasteiger partial charge in [0.1, 0.15) is 11.9 Å². The van der Waals surface area contributed by atoms with Crippen molar-refractivity contribution in [1.29, 1.82) is 0 Å². The highest BCUT2D eigenvalue weighted by Gasteiger charge is 2.29. The van der Waals surface area contributed by atoms with E-state index in [1.807, 2.05) is 11.0 Å². The zero-order chi connectivity index (χ0) is 13.4. The number of hydrogen-bond acceptors (Lipinski definition) is 3. The predicted molar refractivity (Wildman–Crippen MR) is 73.1 cm³/mol. The second kappa shape index (κ2) is 4.85. The number of hydrogen-bond donors (Lipinski definition) is 1. The van der Waals surface area contributed by atoms with E-state index in [2.05, 4.69) is 19.1 Å². The van der Waals surface area contributed by atoms with Gasteiger partial charge in [0.25, 0.3) is 0 Å². The van der Waals surface area contributed by atoms with E-state index in [9.17, 15) is 4.79 Å². The van der Waals surface area contributed by atoms with Crippen LogP contribution in [0.5, 0.6) is 5.75 Å². The molecule has 1 amide bonds. The first-order valence-corrected chi connectivity index (χ1v) is 6.91. The Morgan fingerprint density at radius 1 is 1.47 bits per heavy atom. The number of rotatable bonds is 2. The van der Waals surface area contributed by atoms with Crippen LogP contribution in [0.25, 0.3) is 0 Å². The summed E-state index contributed by atoms with van der Waals surface area (Å²) in [4.78, 5) is 13.7. The number of nitrogens with two attached hydrogens (primary N) is 1. The average Bonchev–Trinajstić information content (AvgIpc) is 2.75. The van der Waals surface area contributed by atoms with Crippen LogP contribution >= 0.6 is 0 Å². The Bertz CT molecular complexity index is 501. The van der Waals surface area contributed by atoms with Crippen molar-refractivity contribution in [2.45, 2.75) is 38.3 Å². The predicted octanol–water partition coefficient (Wildman–Crippen LogP) is 1.25. The quantitative estimate of drug-likeness (QED) is 0.870. The average molecular weight is 260 g/mol. The molecule has 0 aliphatic carbocycles. The van der Waals surface area contributed by atoms with Crippen molar-refractivity contribution < 1.29 is 9.53 Å². The molecule has 4 nitrogen and oxygen atoms in total. The molecule has 2 aliphatic rings. The van der Waals surface area contributed by atoms with Crippen LogP contribution in [0.1, 0.15) is 24.0 Å². The number of amides is 1. The molecule has 0 radical (unpaired) electrons. The fourth-order valence-corrected chi connectivity index (χ4v) is 2.92. The van der Waals surface area contributed by atoms with E-state index in [1.165, 1.54) is 11.1 Å². The molecule has 0 saturated carbocycles. The van der Waals surface area contributed by atoms with Crippen molar-refractivity contribution in [1.82, 2.24) is 4.90 Å². The van der Waals surface area contributed by atoms with Gasteiger partial charge >= 0.3 is 0 Å². The zero-order valence-corrected chi connectivity index (χ0v) is 11.3. The maximum Gasteiger partial charge on any atom is 0.222 e. The lowest BCUT2D eigenvalue weighted by atomic mass is 10.0. The summed E-state index contributed by atoms with van der Waals surface area (Å²) < 4.78 is 5.91. The minimum atomic E-state index is 0.0750. The van der Waals surface area contributed by atoms with E-state index >= 15 is 0 Å². The summed E-state index contributed by atoms with van der Waals surface area (Å²) in [6.45, 7) is 3.40. The van der Waals surface area contributed by atoms with Crippen molar-refractivity contribution in [3.05, 3.63) is 29.3 Å². The van der Waals surface area contributed by atoms with Gasteiger partial charge in [-0.25, -0.2) is 0 Å². The second-order valence-corrected chi connectivity index (χ2v) is 5.65. The Hall–Kier alpha value is -1.55. The normalized spacial score (nSPS) is 26.2. The fraction of sp³-hybridized carbons (Fsp3) is 0.533. The summed E-state index contributed by atoms with van der Waals surface area (Å²) in [5, 5.41) is 0. The molecule has 4 heteroatoms. The maximum atomic E-state index is 11.9. The lowest BCUT2D eigenvalue weighted by molar-refractivity contribution is -0.134. The van der Waals surface area contributed by atoms with Crippen LogP contribution < -0.4 is 10.5 Å². The van der Waals surface area contributed by atoms with Gasteiger partial charge in [0.2, 0.25) is 5.91 Å². The van der Waals surface area contributed by atoms with E-state index in [0.29, 0.717) is 19.5 Å². The number of likely N-dealkylation sites (tertiary alicyclic amines) is 1. The van der Waals surface area contributed by atoms with Crippen molar-refractivity contribution in [3.8, 4) is 5.75 Å². The molecule has 2 N–H and O–H groups in total. The van der Waals surface area contributed by atoms with Crippen molar-refractivity contribution in [2.24, 2.45) is 5.73 Å². The Morgan fingerprint density at radius 2 is 2.32 bits per heavy atom. The molecule has 1 aromatic rings. The largest absolute Gasteiger partial charge is 0.488 e. The molecule has 1 aromatic carbocycles. The van der Waals surface area contributed by atoms with Crippen molar-refractivity contribution >= 4 is 5.91 Å². The summed E-state index contributed by atoms with van der Waals surface area (Å²) in [5.41, 5.74) is 8.43. The number of piperidine rings is 1. The SMILES string of the molecule is Cc1ccc2c(c1)CC(CN1CC(N)CCC1=O)O2. The Balaban J connectivity index is 1.65. The molecule has 3 rings (SSSR count). The second-order valence-electron chi connectivity index (χ2n) is 5.65. The summed E-state index contributed by atoms with van der Waals surface area (Å²) in [5.74, 6) is 1.17. The third kappa shape index (κ3) is 2.59. The van der Waals surface area contributed by atoms with E-state index in [4.69, 9.17) is 10.5 Å². The van der Waals surface area contributed by atoms with Crippen LogP contribution in [0, 0.1) is 6.92 Å².